The Bertz CT molecular complexity index is 715. The number of hydrogen-bond acceptors (Lipinski definition) is 3. The summed E-state index contributed by atoms with van der Waals surface area (Å²) in [7, 11) is 0. The zero-order valence-corrected chi connectivity index (χ0v) is 14.0. The van der Waals surface area contributed by atoms with Gasteiger partial charge < -0.3 is 10.0 Å². The average molecular weight is 341 g/mol. The summed E-state index contributed by atoms with van der Waals surface area (Å²) in [5.74, 6) is -0.452. The van der Waals surface area contributed by atoms with Gasteiger partial charge in [0.15, 0.2) is 0 Å². The quantitative estimate of drug-likeness (QED) is 0.845. The number of carbonyl (C=O) groups is 2. The van der Waals surface area contributed by atoms with E-state index in [1.807, 2.05) is 42.5 Å². The van der Waals surface area contributed by atoms with E-state index in [0.717, 1.165) is 10.6 Å². The number of aliphatic carboxylic acids is 1. The van der Waals surface area contributed by atoms with Gasteiger partial charge in [0.2, 0.25) is 0 Å². The Kier molecular flexibility index (Phi) is 5.20. The van der Waals surface area contributed by atoms with Gasteiger partial charge in [-0.25, -0.2) is 0 Å². The molecule has 124 valence electrons. The molecule has 1 saturated heterocycles. The van der Waals surface area contributed by atoms with Crippen LogP contribution in [0.15, 0.2) is 59.5 Å². The molecular weight excluding hydrogens is 322 g/mol. The minimum absolute atomic E-state index is 0.0849. The first-order chi connectivity index (χ1) is 11.6. The minimum Gasteiger partial charge on any atom is -0.481 e. The van der Waals surface area contributed by atoms with Gasteiger partial charge in [0.05, 0.1) is 5.92 Å². The molecule has 1 aliphatic rings. The highest BCUT2D eigenvalue weighted by Gasteiger charge is 2.31. The summed E-state index contributed by atoms with van der Waals surface area (Å²) in [5.41, 5.74) is 1.88. The summed E-state index contributed by atoms with van der Waals surface area (Å²) >= 11 is 1.73. The number of hydrogen-bond donors (Lipinski definition) is 1. The third-order valence-corrected chi connectivity index (χ3v) is 5.26. The van der Waals surface area contributed by atoms with Gasteiger partial charge in [-0.2, -0.15) is 0 Å². The maximum Gasteiger partial charge on any atom is 0.308 e. The molecule has 3 rings (SSSR count). The van der Waals surface area contributed by atoms with Crippen molar-refractivity contribution in [1.82, 2.24) is 4.90 Å². The summed E-state index contributed by atoms with van der Waals surface area (Å²) in [6.07, 6.45) is 0.534. The molecule has 0 spiro atoms. The smallest absolute Gasteiger partial charge is 0.308 e. The maximum absolute atomic E-state index is 12.4. The number of benzene rings is 2. The number of likely N-dealkylation sites (tertiary alicyclic amines) is 1. The van der Waals surface area contributed by atoms with Crippen molar-refractivity contribution in [2.24, 2.45) is 5.92 Å². The van der Waals surface area contributed by atoms with Crippen LogP contribution in [0.4, 0.5) is 0 Å². The van der Waals surface area contributed by atoms with Gasteiger partial charge in [0.25, 0.3) is 5.91 Å². The van der Waals surface area contributed by atoms with Crippen LogP contribution >= 0.6 is 11.8 Å². The highest BCUT2D eigenvalue weighted by atomic mass is 32.2. The van der Waals surface area contributed by atoms with Crippen molar-refractivity contribution in [2.45, 2.75) is 17.1 Å². The predicted molar refractivity (Wildman–Crippen MR) is 94.1 cm³/mol. The largest absolute Gasteiger partial charge is 0.481 e. The third kappa shape index (κ3) is 3.97. The topological polar surface area (TPSA) is 57.6 Å². The summed E-state index contributed by atoms with van der Waals surface area (Å²) in [5, 5.41) is 9.03. The van der Waals surface area contributed by atoms with Gasteiger partial charge in [-0.15, -0.1) is 11.8 Å². The summed E-state index contributed by atoms with van der Waals surface area (Å²) in [4.78, 5) is 26.2. The van der Waals surface area contributed by atoms with Gasteiger partial charge in [-0.3, -0.25) is 9.59 Å². The molecule has 0 aliphatic carbocycles. The van der Waals surface area contributed by atoms with Crippen molar-refractivity contribution >= 4 is 23.6 Å². The SMILES string of the molecule is O=C(O)C1CCN(C(=O)c2ccc(SCc3ccccc3)cc2)C1. The van der Waals surface area contributed by atoms with E-state index in [0.29, 0.717) is 25.1 Å². The van der Waals surface area contributed by atoms with Crippen LogP contribution in [0.5, 0.6) is 0 Å². The molecule has 4 nitrogen and oxygen atoms in total. The van der Waals surface area contributed by atoms with Crippen molar-refractivity contribution in [3.8, 4) is 0 Å². The Morgan fingerprint density at radius 2 is 1.79 bits per heavy atom. The van der Waals surface area contributed by atoms with Gasteiger partial charge in [0, 0.05) is 29.3 Å². The molecule has 1 aliphatic heterocycles. The van der Waals surface area contributed by atoms with E-state index in [9.17, 15) is 9.59 Å². The molecule has 2 aromatic carbocycles. The van der Waals surface area contributed by atoms with Crippen molar-refractivity contribution in [3.05, 3.63) is 65.7 Å². The van der Waals surface area contributed by atoms with E-state index < -0.39 is 11.9 Å². The van der Waals surface area contributed by atoms with Crippen LogP contribution in [-0.2, 0) is 10.5 Å². The number of carbonyl (C=O) groups excluding carboxylic acids is 1. The summed E-state index contributed by atoms with van der Waals surface area (Å²) in [6.45, 7) is 0.818. The van der Waals surface area contributed by atoms with E-state index in [4.69, 9.17) is 5.11 Å². The van der Waals surface area contributed by atoms with Crippen LogP contribution in [0, 0.1) is 5.92 Å². The predicted octanol–water partition coefficient (Wildman–Crippen LogP) is 3.53. The van der Waals surface area contributed by atoms with E-state index in [1.165, 1.54) is 5.56 Å². The molecule has 1 fully saturated rings. The van der Waals surface area contributed by atoms with E-state index in [2.05, 4.69) is 12.1 Å². The van der Waals surface area contributed by atoms with Crippen molar-refractivity contribution in [3.63, 3.8) is 0 Å². The Morgan fingerprint density at radius 1 is 1.08 bits per heavy atom. The van der Waals surface area contributed by atoms with Crippen LogP contribution in [0.2, 0.25) is 0 Å². The van der Waals surface area contributed by atoms with Crippen molar-refractivity contribution < 1.29 is 14.7 Å². The molecule has 1 heterocycles. The van der Waals surface area contributed by atoms with E-state index in [1.54, 1.807) is 16.7 Å². The Hall–Kier alpha value is -2.27. The van der Waals surface area contributed by atoms with Gasteiger partial charge in [-0.1, -0.05) is 30.3 Å². The Morgan fingerprint density at radius 3 is 2.42 bits per heavy atom. The second-order valence-electron chi connectivity index (χ2n) is 5.87. The molecule has 5 heteroatoms. The van der Waals surface area contributed by atoms with E-state index >= 15 is 0 Å². The molecular formula is C19H19NO3S. The number of thioether (sulfide) groups is 1. The molecule has 0 bridgehead atoms. The van der Waals surface area contributed by atoms with Gasteiger partial charge in [0.1, 0.15) is 0 Å². The monoisotopic (exact) mass is 341 g/mol. The lowest BCUT2D eigenvalue weighted by Crippen LogP contribution is -2.29. The van der Waals surface area contributed by atoms with E-state index in [-0.39, 0.29) is 5.91 Å². The maximum atomic E-state index is 12.4. The summed E-state index contributed by atoms with van der Waals surface area (Å²) in [6, 6.07) is 17.8. The van der Waals surface area contributed by atoms with Gasteiger partial charge >= 0.3 is 5.97 Å². The number of rotatable bonds is 5. The fourth-order valence-electron chi connectivity index (χ4n) is 2.76. The first kappa shape index (κ1) is 16.6. The Labute approximate surface area is 145 Å². The zero-order valence-electron chi connectivity index (χ0n) is 13.2. The molecule has 1 amide bonds. The number of nitrogens with zero attached hydrogens (tertiary/aromatic N) is 1. The first-order valence-electron chi connectivity index (χ1n) is 7.92. The number of carboxylic acids is 1. The molecule has 2 aromatic rings. The average Bonchev–Trinajstić information content (AvgIpc) is 3.11. The van der Waals surface area contributed by atoms with Crippen molar-refractivity contribution in [2.75, 3.05) is 13.1 Å². The second kappa shape index (κ2) is 7.53. The normalized spacial score (nSPS) is 17.0. The second-order valence-corrected chi connectivity index (χ2v) is 6.92. The standard InChI is InChI=1S/C19H19NO3S/c21-18(20-11-10-16(12-20)19(22)23)15-6-8-17(9-7-15)24-13-14-4-2-1-3-5-14/h1-9,16H,10-13H2,(H,22,23). The molecule has 24 heavy (non-hydrogen) atoms. The zero-order chi connectivity index (χ0) is 16.9. The lowest BCUT2D eigenvalue weighted by Gasteiger charge is -2.16. The molecule has 0 aromatic heterocycles. The van der Waals surface area contributed by atoms with Crippen LogP contribution in [0.1, 0.15) is 22.3 Å². The lowest BCUT2D eigenvalue weighted by atomic mass is 10.1. The van der Waals surface area contributed by atoms with Crippen molar-refractivity contribution in [1.29, 1.82) is 0 Å². The lowest BCUT2D eigenvalue weighted by molar-refractivity contribution is -0.141. The molecule has 0 saturated carbocycles. The fraction of sp³-hybridized carbons (Fsp3) is 0.263. The molecule has 1 atom stereocenters. The van der Waals surface area contributed by atoms with Crippen LogP contribution in [0.25, 0.3) is 0 Å². The van der Waals surface area contributed by atoms with Crippen LogP contribution < -0.4 is 0 Å². The van der Waals surface area contributed by atoms with Crippen LogP contribution in [0.3, 0.4) is 0 Å². The highest BCUT2D eigenvalue weighted by Crippen LogP contribution is 2.24. The molecule has 1 unspecified atom stereocenters. The molecule has 0 radical (unpaired) electrons. The van der Waals surface area contributed by atoms with Gasteiger partial charge in [-0.05, 0) is 36.2 Å². The van der Waals surface area contributed by atoms with Crippen LogP contribution in [-0.4, -0.2) is 35.0 Å². The Balaban J connectivity index is 1.58. The number of amides is 1. The minimum atomic E-state index is -0.821. The molecule has 1 N–H and O–H groups in total. The highest BCUT2D eigenvalue weighted by molar-refractivity contribution is 7.98. The number of carboxylic acid groups (broad SMARTS) is 1. The summed E-state index contributed by atoms with van der Waals surface area (Å²) < 4.78 is 0. The first-order valence-corrected chi connectivity index (χ1v) is 8.91. The fourth-order valence-corrected chi connectivity index (χ4v) is 3.62. The third-order valence-electron chi connectivity index (χ3n) is 4.17.